The fourth-order valence-electron chi connectivity index (χ4n) is 4.33. The predicted octanol–water partition coefficient (Wildman–Crippen LogP) is 6.12. The van der Waals surface area contributed by atoms with Gasteiger partial charge in [0.1, 0.15) is 8.30 Å². The van der Waals surface area contributed by atoms with Crippen molar-refractivity contribution in [3.8, 4) is 0 Å². The van der Waals surface area contributed by atoms with Crippen molar-refractivity contribution in [1.82, 2.24) is 4.67 Å². The molecule has 0 bridgehead atoms. The molecule has 2 aliphatic heterocycles. The molecule has 0 N–H and O–H groups in total. The van der Waals surface area contributed by atoms with Gasteiger partial charge in [0.05, 0.1) is 6.10 Å². The lowest BCUT2D eigenvalue weighted by Gasteiger charge is -2.39. The molecule has 2 fully saturated rings. The number of rotatable bonds is 5. The summed E-state index contributed by atoms with van der Waals surface area (Å²) in [5.41, 5.74) is 0.616. The minimum absolute atomic E-state index is 0.367. The van der Waals surface area contributed by atoms with Crippen LogP contribution in [0.3, 0.4) is 0 Å². The molecular formula is C22H30NOPS. The number of benzene rings is 2. The summed E-state index contributed by atoms with van der Waals surface area (Å²) in [5, 5.41) is 0. The fourth-order valence-corrected chi connectivity index (χ4v) is 9.89. The van der Waals surface area contributed by atoms with Gasteiger partial charge in [-0.05, 0) is 53.2 Å². The molecule has 2 aromatic carbocycles. The largest absolute Gasteiger partial charge is 0.338 e. The maximum atomic E-state index is 6.74. The second kappa shape index (κ2) is 7.64. The predicted molar refractivity (Wildman–Crippen MR) is 114 cm³/mol. The molecule has 2 saturated heterocycles. The third-order valence-electron chi connectivity index (χ3n) is 5.66. The molecule has 2 heterocycles. The molecule has 1 unspecified atom stereocenters. The van der Waals surface area contributed by atoms with Crippen molar-refractivity contribution in [2.45, 2.75) is 54.3 Å². The van der Waals surface area contributed by atoms with Crippen molar-refractivity contribution >= 4 is 18.3 Å². The summed E-state index contributed by atoms with van der Waals surface area (Å²) in [4.78, 5) is 2.94. The summed E-state index contributed by atoms with van der Waals surface area (Å²) in [6.45, 7) is 5.88. The first kappa shape index (κ1) is 18.5. The van der Waals surface area contributed by atoms with Crippen LogP contribution in [0.25, 0.3) is 0 Å². The lowest BCUT2D eigenvalue weighted by molar-refractivity contribution is 0.234. The molecule has 0 aliphatic carbocycles. The highest BCUT2D eigenvalue weighted by Crippen LogP contribution is 2.64. The Morgan fingerprint density at radius 1 is 1.04 bits per heavy atom. The molecule has 2 aromatic rings. The number of hydrogen-bond acceptors (Lipinski definition) is 2. The van der Waals surface area contributed by atoms with Gasteiger partial charge in [0.25, 0.3) is 0 Å². The first-order chi connectivity index (χ1) is 12.6. The minimum atomic E-state index is -1.11. The van der Waals surface area contributed by atoms with Gasteiger partial charge in [-0.25, -0.2) is 0 Å². The summed E-state index contributed by atoms with van der Waals surface area (Å²) >= 11 is 0. The third kappa shape index (κ3) is 3.36. The lowest BCUT2D eigenvalue weighted by Crippen LogP contribution is -2.32. The molecule has 3 atom stereocenters. The standard InChI is InChI=1S/C22H30NOPS/c1-18(2)25-23-16-10-15-21(23)22(24-25)17-26(3,19-11-6-4-7-12-19)20-13-8-5-9-14-20/h4-9,11-14,18,21-22H,10,15-17H2,1-3H3/t21-,22+,25?/m1/s1. The summed E-state index contributed by atoms with van der Waals surface area (Å²) < 4.78 is 9.45. The van der Waals surface area contributed by atoms with E-state index in [4.69, 9.17) is 4.52 Å². The van der Waals surface area contributed by atoms with Gasteiger partial charge in [0, 0.05) is 24.0 Å². The highest BCUT2D eigenvalue weighted by molar-refractivity contribution is 8.33. The normalized spacial score (nSPS) is 27.0. The van der Waals surface area contributed by atoms with E-state index in [1.165, 1.54) is 29.2 Å². The monoisotopic (exact) mass is 387 g/mol. The van der Waals surface area contributed by atoms with Crippen LogP contribution >= 0.6 is 18.3 Å². The molecule has 0 saturated carbocycles. The van der Waals surface area contributed by atoms with Crippen LogP contribution in [-0.2, 0) is 4.52 Å². The van der Waals surface area contributed by atoms with Crippen LogP contribution in [0.1, 0.15) is 26.7 Å². The molecule has 2 nitrogen and oxygen atoms in total. The second-order valence-electron chi connectivity index (χ2n) is 7.79. The van der Waals surface area contributed by atoms with E-state index in [-0.39, 0.29) is 0 Å². The molecule has 2 aliphatic rings. The summed E-state index contributed by atoms with van der Waals surface area (Å²) in [6.07, 6.45) is 5.48. The highest BCUT2D eigenvalue weighted by Gasteiger charge is 2.47. The summed E-state index contributed by atoms with van der Waals surface area (Å²) in [5.74, 6) is 1.13. The fraction of sp³-hybridized carbons (Fsp3) is 0.455. The van der Waals surface area contributed by atoms with E-state index in [1.54, 1.807) is 0 Å². The molecular weight excluding hydrogens is 357 g/mol. The van der Waals surface area contributed by atoms with Gasteiger partial charge in [-0.15, -0.1) is 0 Å². The van der Waals surface area contributed by atoms with E-state index in [2.05, 4.69) is 85.4 Å². The van der Waals surface area contributed by atoms with Gasteiger partial charge in [-0.3, -0.25) is 4.67 Å². The first-order valence-corrected chi connectivity index (χ1v) is 13.2. The maximum absolute atomic E-state index is 6.74. The van der Waals surface area contributed by atoms with Crippen molar-refractivity contribution in [2.75, 3.05) is 18.6 Å². The van der Waals surface area contributed by atoms with Crippen LogP contribution in [-0.4, -0.2) is 41.0 Å². The van der Waals surface area contributed by atoms with Gasteiger partial charge in [-0.2, -0.15) is 10.0 Å². The van der Waals surface area contributed by atoms with Crippen LogP contribution in [0.2, 0.25) is 0 Å². The molecule has 0 amide bonds. The van der Waals surface area contributed by atoms with Crippen molar-refractivity contribution in [3.05, 3.63) is 60.7 Å². The zero-order valence-corrected chi connectivity index (χ0v) is 17.8. The van der Waals surface area contributed by atoms with E-state index in [0.29, 0.717) is 17.8 Å². The Morgan fingerprint density at radius 2 is 1.62 bits per heavy atom. The highest BCUT2D eigenvalue weighted by atomic mass is 32.3. The zero-order chi connectivity index (χ0) is 18.1. The van der Waals surface area contributed by atoms with Crippen LogP contribution < -0.4 is 0 Å². The SMILES string of the molecule is CC(C)P1O[C@@H](CS(C)(c2ccccc2)c2ccccc2)[C@H]2CCCN21. The van der Waals surface area contributed by atoms with Crippen molar-refractivity contribution in [1.29, 1.82) is 0 Å². The van der Waals surface area contributed by atoms with Gasteiger partial charge < -0.3 is 4.52 Å². The molecule has 0 aromatic heterocycles. The number of hydrogen-bond donors (Lipinski definition) is 0. The Labute approximate surface area is 161 Å². The average Bonchev–Trinajstić information content (AvgIpc) is 3.27. The first-order valence-electron chi connectivity index (χ1n) is 9.68. The average molecular weight is 388 g/mol. The number of nitrogens with zero attached hydrogens (tertiary/aromatic N) is 1. The van der Waals surface area contributed by atoms with Gasteiger partial charge in [-0.1, -0.05) is 50.2 Å². The van der Waals surface area contributed by atoms with Crippen LogP contribution in [0.15, 0.2) is 70.5 Å². The van der Waals surface area contributed by atoms with Crippen LogP contribution in [0.4, 0.5) is 0 Å². The van der Waals surface area contributed by atoms with Crippen LogP contribution in [0.5, 0.6) is 0 Å². The number of fused-ring (bicyclic) bond motifs is 1. The smallest absolute Gasteiger partial charge is 0.107 e. The van der Waals surface area contributed by atoms with E-state index < -0.39 is 18.3 Å². The molecule has 4 rings (SSSR count). The Hall–Kier alpha value is -0.860. The van der Waals surface area contributed by atoms with E-state index >= 15 is 0 Å². The molecule has 140 valence electrons. The summed E-state index contributed by atoms with van der Waals surface area (Å²) in [6, 6.07) is 22.9. The van der Waals surface area contributed by atoms with Crippen molar-refractivity contribution < 1.29 is 4.52 Å². The minimum Gasteiger partial charge on any atom is -0.338 e. The van der Waals surface area contributed by atoms with Gasteiger partial charge >= 0.3 is 0 Å². The molecule has 0 spiro atoms. The van der Waals surface area contributed by atoms with E-state index in [0.717, 1.165) is 5.75 Å². The maximum Gasteiger partial charge on any atom is 0.107 e. The molecule has 4 heteroatoms. The zero-order valence-electron chi connectivity index (χ0n) is 16.0. The Morgan fingerprint density at radius 3 is 2.15 bits per heavy atom. The Balaban J connectivity index is 1.68. The quantitative estimate of drug-likeness (QED) is 0.573. The molecule has 0 radical (unpaired) electrons. The van der Waals surface area contributed by atoms with Gasteiger partial charge in [0.2, 0.25) is 0 Å². The third-order valence-corrected chi connectivity index (χ3v) is 11.7. The van der Waals surface area contributed by atoms with E-state index in [9.17, 15) is 0 Å². The van der Waals surface area contributed by atoms with E-state index in [1.807, 2.05) is 0 Å². The van der Waals surface area contributed by atoms with Crippen molar-refractivity contribution in [2.24, 2.45) is 0 Å². The molecule has 26 heavy (non-hydrogen) atoms. The Bertz CT molecular complexity index is 684. The lowest BCUT2D eigenvalue weighted by atomic mass is 10.1. The van der Waals surface area contributed by atoms with Crippen molar-refractivity contribution in [3.63, 3.8) is 0 Å². The van der Waals surface area contributed by atoms with Crippen LogP contribution in [0, 0.1) is 0 Å². The topological polar surface area (TPSA) is 12.5 Å². The summed E-state index contributed by atoms with van der Waals surface area (Å²) in [7, 11) is -1.54. The Kier molecular flexibility index (Phi) is 5.43. The van der Waals surface area contributed by atoms with Gasteiger partial charge in [0.15, 0.2) is 0 Å². The second-order valence-corrected chi connectivity index (χ2v) is 13.6.